The molecule has 1 aromatic carbocycles. The van der Waals surface area contributed by atoms with Crippen molar-refractivity contribution in [2.45, 2.75) is 33.0 Å². The number of anilines is 1. The van der Waals surface area contributed by atoms with Gasteiger partial charge in [0.25, 0.3) is 5.91 Å². The van der Waals surface area contributed by atoms with Gasteiger partial charge in [-0.1, -0.05) is 6.07 Å². The van der Waals surface area contributed by atoms with Crippen LogP contribution in [-0.4, -0.2) is 40.6 Å². The average molecular weight is 423 g/mol. The second-order valence-electron chi connectivity index (χ2n) is 7.16. The summed E-state index contributed by atoms with van der Waals surface area (Å²) in [4.78, 5) is 35.4. The highest BCUT2D eigenvalue weighted by Gasteiger charge is 2.33. The number of hydrogen-bond acceptors (Lipinski definition) is 7. The van der Waals surface area contributed by atoms with E-state index >= 15 is 0 Å². The zero-order valence-electron chi connectivity index (χ0n) is 16.9. The van der Waals surface area contributed by atoms with Crippen molar-refractivity contribution in [2.75, 3.05) is 11.4 Å². The van der Waals surface area contributed by atoms with Gasteiger partial charge in [-0.15, -0.1) is 11.3 Å². The molecule has 0 radical (unpaired) electrons. The number of rotatable bonds is 5. The first kappa shape index (κ1) is 20.0. The zero-order chi connectivity index (χ0) is 21.3. The van der Waals surface area contributed by atoms with Crippen molar-refractivity contribution in [1.82, 2.24) is 9.97 Å². The van der Waals surface area contributed by atoms with Crippen molar-refractivity contribution in [3.05, 3.63) is 48.0 Å². The molecule has 8 heteroatoms. The lowest BCUT2D eigenvalue weighted by Crippen LogP contribution is -2.47. The van der Waals surface area contributed by atoms with Crippen molar-refractivity contribution >= 4 is 28.9 Å². The molecule has 0 N–H and O–H groups in total. The molecule has 1 atom stereocenters. The Kier molecular flexibility index (Phi) is 5.50. The number of hydrogen-bond donors (Lipinski definition) is 0. The van der Waals surface area contributed by atoms with E-state index in [0.717, 1.165) is 22.0 Å². The molecule has 4 rings (SSSR count). The highest BCUT2D eigenvalue weighted by molar-refractivity contribution is 7.13. The standard InChI is InChI=1S/C22H21N3O4S/c1-13(2)28-20(26)11-25-18-10-15(7-8-19(18)29-14(3)22(25)27)17-12-30-21(24-17)16-6-4-5-9-23-16/h4-10,12-14H,11H2,1-3H3. The fourth-order valence-corrected chi connectivity index (χ4v) is 3.98. The normalized spacial score (nSPS) is 15.7. The first-order valence-electron chi connectivity index (χ1n) is 9.61. The smallest absolute Gasteiger partial charge is 0.326 e. The summed E-state index contributed by atoms with van der Waals surface area (Å²) < 4.78 is 11.0. The fourth-order valence-electron chi connectivity index (χ4n) is 3.17. The first-order chi connectivity index (χ1) is 14.4. The van der Waals surface area contributed by atoms with Gasteiger partial charge in [0, 0.05) is 17.1 Å². The summed E-state index contributed by atoms with van der Waals surface area (Å²) in [5, 5.41) is 2.75. The average Bonchev–Trinajstić information content (AvgIpc) is 3.21. The maximum Gasteiger partial charge on any atom is 0.326 e. The number of amides is 1. The summed E-state index contributed by atoms with van der Waals surface area (Å²) in [5.41, 5.74) is 2.92. The minimum Gasteiger partial charge on any atom is -0.479 e. The monoisotopic (exact) mass is 423 g/mol. The van der Waals surface area contributed by atoms with E-state index in [1.54, 1.807) is 33.0 Å². The lowest BCUT2D eigenvalue weighted by Gasteiger charge is -2.32. The van der Waals surface area contributed by atoms with Crippen LogP contribution in [0.3, 0.4) is 0 Å². The Morgan fingerprint density at radius 1 is 1.27 bits per heavy atom. The second-order valence-corrected chi connectivity index (χ2v) is 8.02. The van der Waals surface area contributed by atoms with Gasteiger partial charge in [0.15, 0.2) is 6.10 Å². The third-order valence-corrected chi connectivity index (χ3v) is 5.37. The lowest BCUT2D eigenvalue weighted by atomic mass is 10.1. The number of thiazole rings is 1. The topological polar surface area (TPSA) is 81.6 Å². The molecular formula is C22H21N3O4S. The van der Waals surface area contributed by atoms with Gasteiger partial charge in [-0.25, -0.2) is 4.98 Å². The molecule has 30 heavy (non-hydrogen) atoms. The van der Waals surface area contributed by atoms with Crippen LogP contribution in [0.1, 0.15) is 20.8 Å². The van der Waals surface area contributed by atoms with Crippen molar-refractivity contribution in [1.29, 1.82) is 0 Å². The van der Waals surface area contributed by atoms with E-state index in [9.17, 15) is 9.59 Å². The molecule has 1 aliphatic rings. The van der Waals surface area contributed by atoms with Gasteiger partial charge in [0.05, 0.1) is 23.2 Å². The summed E-state index contributed by atoms with van der Waals surface area (Å²) >= 11 is 1.49. The molecule has 3 heterocycles. The highest BCUT2D eigenvalue weighted by Crippen LogP contribution is 2.38. The van der Waals surface area contributed by atoms with E-state index in [-0.39, 0.29) is 18.6 Å². The van der Waals surface area contributed by atoms with Gasteiger partial charge in [0.2, 0.25) is 0 Å². The second kappa shape index (κ2) is 8.23. The minimum absolute atomic E-state index is 0.169. The largest absolute Gasteiger partial charge is 0.479 e. The molecule has 0 saturated carbocycles. The van der Waals surface area contributed by atoms with Crippen LogP contribution in [0.25, 0.3) is 22.0 Å². The Balaban J connectivity index is 1.67. The molecule has 1 aliphatic heterocycles. The number of carbonyl (C=O) groups is 2. The van der Waals surface area contributed by atoms with Crippen LogP contribution in [0, 0.1) is 0 Å². The molecule has 3 aromatic rings. The van der Waals surface area contributed by atoms with Crippen LogP contribution in [0.5, 0.6) is 5.75 Å². The summed E-state index contributed by atoms with van der Waals surface area (Å²) in [7, 11) is 0. The molecule has 154 valence electrons. The van der Waals surface area contributed by atoms with Crippen molar-refractivity contribution in [3.63, 3.8) is 0 Å². The molecule has 0 bridgehead atoms. The third-order valence-electron chi connectivity index (χ3n) is 4.51. The molecule has 0 aliphatic carbocycles. The summed E-state index contributed by atoms with van der Waals surface area (Å²) in [6.45, 7) is 5.04. The lowest BCUT2D eigenvalue weighted by molar-refractivity contribution is -0.146. The van der Waals surface area contributed by atoms with Gasteiger partial charge < -0.3 is 9.47 Å². The van der Waals surface area contributed by atoms with Gasteiger partial charge in [-0.2, -0.15) is 0 Å². The quantitative estimate of drug-likeness (QED) is 0.578. The Morgan fingerprint density at radius 3 is 2.83 bits per heavy atom. The van der Waals surface area contributed by atoms with Crippen LogP contribution in [0.2, 0.25) is 0 Å². The van der Waals surface area contributed by atoms with Gasteiger partial charge in [-0.05, 0) is 51.1 Å². The molecular weight excluding hydrogens is 402 g/mol. The maximum absolute atomic E-state index is 12.7. The molecule has 2 aromatic heterocycles. The number of ether oxygens (including phenoxy) is 2. The number of carbonyl (C=O) groups excluding carboxylic acids is 2. The van der Waals surface area contributed by atoms with E-state index in [2.05, 4.69) is 9.97 Å². The molecule has 1 unspecified atom stereocenters. The SMILES string of the molecule is CC(C)OC(=O)CN1C(=O)C(C)Oc2ccc(-c3csc(-c4ccccn4)n3)cc21. The molecule has 0 saturated heterocycles. The van der Waals surface area contributed by atoms with Gasteiger partial charge in [0.1, 0.15) is 17.3 Å². The number of benzene rings is 1. The van der Waals surface area contributed by atoms with E-state index in [0.29, 0.717) is 11.4 Å². The van der Waals surface area contributed by atoms with E-state index in [1.165, 1.54) is 16.2 Å². The number of pyridine rings is 1. The Bertz CT molecular complexity index is 1080. The van der Waals surface area contributed by atoms with Crippen LogP contribution >= 0.6 is 11.3 Å². The van der Waals surface area contributed by atoms with Crippen LogP contribution in [0.15, 0.2) is 48.0 Å². The minimum atomic E-state index is -0.676. The Morgan fingerprint density at radius 2 is 2.10 bits per heavy atom. The van der Waals surface area contributed by atoms with Crippen molar-refractivity contribution in [2.24, 2.45) is 0 Å². The number of nitrogens with zero attached hydrogens (tertiary/aromatic N) is 3. The molecule has 1 amide bonds. The van der Waals surface area contributed by atoms with Crippen LogP contribution in [-0.2, 0) is 14.3 Å². The maximum atomic E-state index is 12.7. The van der Waals surface area contributed by atoms with E-state index in [1.807, 2.05) is 35.7 Å². The van der Waals surface area contributed by atoms with Crippen LogP contribution < -0.4 is 9.64 Å². The molecule has 0 spiro atoms. The van der Waals surface area contributed by atoms with Crippen LogP contribution in [0.4, 0.5) is 5.69 Å². The number of fused-ring (bicyclic) bond motifs is 1. The Hall–Kier alpha value is -3.26. The number of aromatic nitrogens is 2. The number of esters is 1. The van der Waals surface area contributed by atoms with Crippen molar-refractivity contribution < 1.29 is 19.1 Å². The van der Waals surface area contributed by atoms with Gasteiger partial charge in [-0.3, -0.25) is 19.5 Å². The molecule has 7 nitrogen and oxygen atoms in total. The molecule has 0 fully saturated rings. The Labute approximate surface area is 178 Å². The summed E-state index contributed by atoms with van der Waals surface area (Å²) in [6, 6.07) is 11.2. The fraction of sp³-hybridized carbons (Fsp3) is 0.273. The third kappa shape index (κ3) is 4.04. The predicted molar refractivity (Wildman–Crippen MR) is 114 cm³/mol. The zero-order valence-corrected chi connectivity index (χ0v) is 17.7. The van der Waals surface area contributed by atoms with E-state index in [4.69, 9.17) is 9.47 Å². The first-order valence-corrected chi connectivity index (χ1v) is 10.5. The highest BCUT2D eigenvalue weighted by atomic mass is 32.1. The summed E-state index contributed by atoms with van der Waals surface area (Å²) in [5.74, 6) is -0.203. The van der Waals surface area contributed by atoms with E-state index < -0.39 is 12.1 Å². The van der Waals surface area contributed by atoms with Crippen molar-refractivity contribution in [3.8, 4) is 27.7 Å². The summed E-state index contributed by atoms with van der Waals surface area (Å²) in [6.07, 6.45) is 0.801. The predicted octanol–water partition coefficient (Wildman–Crippen LogP) is 3.94. The van der Waals surface area contributed by atoms with Gasteiger partial charge >= 0.3 is 5.97 Å².